The number of thiophene rings is 1. The first kappa shape index (κ1) is 21.0. The molecule has 0 saturated heterocycles. The summed E-state index contributed by atoms with van der Waals surface area (Å²) in [5.41, 5.74) is 1.74. The smallest absolute Gasteiger partial charge is 0.341 e. The molecule has 0 radical (unpaired) electrons. The number of amides is 1. The van der Waals surface area contributed by atoms with E-state index in [1.807, 2.05) is 6.92 Å². The molecule has 162 valence electrons. The molecule has 0 bridgehead atoms. The van der Waals surface area contributed by atoms with Gasteiger partial charge in [0.1, 0.15) is 17.2 Å². The van der Waals surface area contributed by atoms with Gasteiger partial charge in [-0.3, -0.25) is 9.48 Å². The van der Waals surface area contributed by atoms with Gasteiger partial charge < -0.3 is 10.1 Å². The highest BCUT2D eigenvalue weighted by Gasteiger charge is 2.30. The van der Waals surface area contributed by atoms with Crippen LogP contribution in [0, 0.1) is 0 Å². The highest BCUT2D eigenvalue weighted by Crippen LogP contribution is 2.41. The van der Waals surface area contributed by atoms with E-state index in [0.717, 1.165) is 53.6 Å². The average molecular weight is 438 g/mol. The van der Waals surface area contributed by atoms with E-state index in [2.05, 4.69) is 10.4 Å². The van der Waals surface area contributed by atoms with Gasteiger partial charge >= 0.3 is 5.97 Å². The molecule has 2 aromatic rings. The molecule has 1 saturated carbocycles. The van der Waals surface area contributed by atoms with E-state index < -0.39 is 18.3 Å². The summed E-state index contributed by atoms with van der Waals surface area (Å²) in [4.78, 5) is 26.4. The number of hydrogen-bond donors (Lipinski definition) is 1. The lowest BCUT2D eigenvalue weighted by atomic mass is 9.95. The zero-order chi connectivity index (χ0) is 21.3. The molecular weight excluding hydrogens is 412 g/mol. The van der Waals surface area contributed by atoms with Crippen LogP contribution in [0.1, 0.15) is 83.6 Å². The Morgan fingerprint density at radius 2 is 2.10 bits per heavy atom. The number of carbonyl (C=O) groups excluding carboxylic acids is 2. The zero-order valence-electron chi connectivity index (χ0n) is 16.9. The van der Waals surface area contributed by atoms with Gasteiger partial charge in [-0.15, -0.1) is 11.3 Å². The van der Waals surface area contributed by atoms with Crippen molar-refractivity contribution in [1.82, 2.24) is 9.78 Å². The molecule has 0 atom stereocenters. The van der Waals surface area contributed by atoms with Gasteiger partial charge in [-0.1, -0.05) is 6.92 Å². The Bertz CT molecular complexity index is 950. The second kappa shape index (κ2) is 8.83. The Morgan fingerprint density at radius 1 is 1.33 bits per heavy atom. The lowest BCUT2D eigenvalue weighted by molar-refractivity contribution is -0.117. The van der Waals surface area contributed by atoms with Crippen molar-refractivity contribution in [2.75, 3.05) is 11.9 Å². The number of aromatic nitrogens is 2. The van der Waals surface area contributed by atoms with E-state index in [9.17, 15) is 18.4 Å². The molecule has 0 aliphatic heterocycles. The van der Waals surface area contributed by atoms with Crippen LogP contribution in [-0.4, -0.2) is 28.3 Å². The number of aryl methyl sites for hydroxylation is 1. The van der Waals surface area contributed by atoms with Gasteiger partial charge in [0.05, 0.1) is 17.9 Å². The number of carbonyl (C=O) groups is 2. The monoisotopic (exact) mass is 437 g/mol. The molecule has 30 heavy (non-hydrogen) atoms. The molecule has 4 rings (SSSR count). The summed E-state index contributed by atoms with van der Waals surface area (Å²) in [7, 11) is 0. The number of anilines is 1. The van der Waals surface area contributed by atoms with Gasteiger partial charge in [-0.2, -0.15) is 5.10 Å². The van der Waals surface area contributed by atoms with Crippen molar-refractivity contribution < 1.29 is 23.1 Å². The molecule has 1 N–H and O–H groups in total. The minimum absolute atomic E-state index is 0.218. The van der Waals surface area contributed by atoms with Crippen LogP contribution in [0.4, 0.5) is 13.8 Å². The van der Waals surface area contributed by atoms with Crippen LogP contribution in [0.3, 0.4) is 0 Å². The SMILES string of the molecule is CCCOC(=O)c1c(NC(=O)Cn2nc(C3CC3)cc2C(F)F)sc2c1CCCC2. The average Bonchev–Trinajstić information content (AvgIpc) is 3.38. The fourth-order valence-electron chi connectivity index (χ4n) is 3.77. The summed E-state index contributed by atoms with van der Waals surface area (Å²) in [6.07, 6.45) is 3.55. The van der Waals surface area contributed by atoms with E-state index in [4.69, 9.17) is 4.74 Å². The first-order chi connectivity index (χ1) is 14.5. The third-order valence-corrected chi connectivity index (χ3v) is 6.62. The fourth-order valence-corrected chi connectivity index (χ4v) is 5.07. The number of fused-ring (bicyclic) bond motifs is 1. The van der Waals surface area contributed by atoms with Crippen molar-refractivity contribution in [1.29, 1.82) is 0 Å². The number of halogens is 2. The van der Waals surface area contributed by atoms with Gasteiger partial charge in [0.2, 0.25) is 5.91 Å². The van der Waals surface area contributed by atoms with E-state index in [1.165, 1.54) is 17.4 Å². The van der Waals surface area contributed by atoms with Crippen molar-refractivity contribution in [3.63, 3.8) is 0 Å². The summed E-state index contributed by atoms with van der Waals surface area (Å²) >= 11 is 1.38. The highest BCUT2D eigenvalue weighted by molar-refractivity contribution is 7.17. The highest BCUT2D eigenvalue weighted by atomic mass is 32.1. The first-order valence-electron chi connectivity index (χ1n) is 10.4. The maximum Gasteiger partial charge on any atom is 0.341 e. The Hall–Kier alpha value is -2.29. The van der Waals surface area contributed by atoms with Crippen LogP contribution in [0.15, 0.2) is 6.07 Å². The molecule has 0 unspecified atom stereocenters. The minimum atomic E-state index is -2.70. The number of alkyl halides is 2. The largest absolute Gasteiger partial charge is 0.462 e. The molecule has 0 spiro atoms. The molecule has 0 aromatic carbocycles. The second-order valence-corrected chi connectivity index (χ2v) is 8.93. The van der Waals surface area contributed by atoms with Crippen LogP contribution < -0.4 is 5.32 Å². The van der Waals surface area contributed by atoms with E-state index in [1.54, 1.807) is 0 Å². The molecular formula is C21H25F2N3O3S. The Kier molecular flexibility index (Phi) is 6.17. The number of hydrogen-bond acceptors (Lipinski definition) is 5. The van der Waals surface area contributed by atoms with Crippen molar-refractivity contribution in [3.05, 3.63) is 33.5 Å². The second-order valence-electron chi connectivity index (χ2n) is 7.83. The number of nitrogens with one attached hydrogen (secondary N) is 1. The molecule has 2 aromatic heterocycles. The number of nitrogens with zero attached hydrogens (tertiary/aromatic N) is 2. The van der Waals surface area contributed by atoms with E-state index in [0.29, 0.717) is 29.3 Å². The molecule has 1 fully saturated rings. The van der Waals surface area contributed by atoms with Crippen LogP contribution in [0.2, 0.25) is 0 Å². The molecule has 1 amide bonds. The maximum atomic E-state index is 13.4. The molecule has 6 nitrogen and oxygen atoms in total. The van der Waals surface area contributed by atoms with Gasteiger partial charge in [0.25, 0.3) is 6.43 Å². The lowest BCUT2D eigenvalue weighted by Crippen LogP contribution is -2.22. The maximum absolute atomic E-state index is 13.4. The molecule has 2 heterocycles. The van der Waals surface area contributed by atoms with Crippen LogP contribution >= 0.6 is 11.3 Å². The van der Waals surface area contributed by atoms with Gasteiger partial charge in [0, 0.05) is 10.8 Å². The van der Waals surface area contributed by atoms with Crippen LogP contribution in [-0.2, 0) is 28.9 Å². The Balaban J connectivity index is 1.54. The zero-order valence-corrected chi connectivity index (χ0v) is 17.7. The summed E-state index contributed by atoms with van der Waals surface area (Å²) in [5, 5.41) is 7.44. The predicted octanol–water partition coefficient (Wildman–Crippen LogP) is 4.84. The van der Waals surface area contributed by atoms with E-state index in [-0.39, 0.29) is 18.2 Å². The topological polar surface area (TPSA) is 73.2 Å². The van der Waals surface area contributed by atoms with Crippen molar-refractivity contribution in [3.8, 4) is 0 Å². The van der Waals surface area contributed by atoms with Gasteiger partial charge in [-0.25, -0.2) is 13.6 Å². The standard InChI is InChI=1S/C21H25F2N3O3S/c1-2-9-29-21(28)18-13-5-3-4-6-16(13)30-20(18)24-17(27)11-26-15(19(22)23)10-14(25-26)12-7-8-12/h10,12,19H,2-9,11H2,1H3,(H,24,27). The van der Waals surface area contributed by atoms with E-state index >= 15 is 0 Å². The summed E-state index contributed by atoms with van der Waals surface area (Å²) < 4.78 is 33.2. The number of esters is 1. The predicted molar refractivity (Wildman–Crippen MR) is 109 cm³/mol. The third kappa shape index (κ3) is 4.40. The summed E-state index contributed by atoms with van der Waals surface area (Å²) in [6, 6.07) is 1.40. The quantitative estimate of drug-likeness (QED) is 0.600. The fraction of sp³-hybridized carbons (Fsp3) is 0.571. The molecule has 9 heteroatoms. The van der Waals surface area contributed by atoms with Crippen molar-refractivity contribution >= 4 is 28.2 Å². The molecule has 2 aliphatic rings. The van der Waals surface area contributed by atoms with Crippen LogP contribution in [0.5, 0.6) is 0 Å². The summed E-state index contributed by atoms with van der Waals surface area (Å²) in [5.74, 6) is -0.698. The Labute approximate surface area is 177 Å². The normalized spacial score (nSPS) is 15.9. The van der Waals surface area contributed by atoms with Crippen molar-refractivity contribution in [2.45, 2.75) is 70.8 Å². The molecule has 2 aliphatic carbocycles. The lowest BCUT2D eigenvalue weighted by Gasteiger charge is -2.12. The van der Waals surface area contributed by atoms with Crippen LogP contribution in [0.25, 0.3) is 0 Å². The first-order valence-corrected chi connectivity index (χ1v) is 11.3. The number of rotatable bonds is 8. The Morgan fingerprint density at radius 3 is 2.80 bits per heavy atom. The minimum Gasteiger partial charge on any atom is -0.462 e. The number of ether oxygens (including phenoxy) is 1. The summed E-state index contributed by atoms with van der Waals surface area (Å²) in [6.45, 7) is 1.91. The van der Waals surface area contributed by atoms with Crippen molar-refractivity contribution in [2.24, 2.45) is 0 Å². The van der Waals surface area contributed by atoms with Gasteiger partial charge in [-0.05, 0) is 56.6 Å². The third-order valence-electron chi connectivity index (χ3n) is 5.41. The van der Waals surface area contributed by atoms with Gasteiger partial charge in [0.15, 0.2) is 0 Å².